The van der Waals surface area contributed by atoms with Crippen molar-refractivity contribution < 1.29 is 18.7 Å². The van der Waals surface area contributed by atoms with Gasteiger partial charge in [0.05, 0.1) is 26.0 Å². The van der Waals surface area contributed by atoms with Gasteiger partial charge in [0.15, 0.2) is 11.6 Å². The Morgan fingerprint density at radius 2 is 1.86 bits per heavy atom. The predicted molar refractivity (Wildman–Crippen MR) is 79.3 cm³/mol. The van der Waals surface area contributed by atoms with E-state index in [4.69, 9.17) is 9.47 Å². The number of nitriles is 1. The average Bonchev–Trinajstić information content (AvgIpc) is 2.55. The van der Waals surface area contributed by atoms with E-state index in [1.807, 2.05) is 0 Å². The third-order valence-electron chi connectivity index (χ3n) is 4.08. The number of ether oxygens (including phenoxy) is 2. The van der Waals surface area contributed by atoms with Crippen LogP contribution < -0.4 is 14.8 Å². The topological polar surface area (TPSA) is 71.3 Å². The molecular formula is C16H19FN2O3. The third-order valence-corrected chi connectivity index (χ3v) is 4.08. The van der Waals surface area contributed by atoms with Crippen molar-refractivity contribution in [1.29, 1.82) is 5.26 Å². The zero-order valence-corrected chi connectivity index (χ0v) is 12.7. The van der Waals surface area contributed by atoms with E-state index in [9.17, 15) is 14.4 Å². The van der Waals surface area contributed by atoms with Crippen LogP contribution in [0.2, 0.25) is 0 Å². The van der Waals surface area contributed by atoms with Gasteiger partial charge in [-0.15, -0.1) is 0 Å². The summed E-state index contributed by atoms with van der Waals surface area (Å²) in [6.45, 7) is 0. The highest BCUT2D eigenvalue weighted by Crippen LogP contribution is 2.38. The third kappa shape index (κ3) is 2.98. The number of anilines is 1. The highest BCUT2D eigenvalue weighted by Gasteiger charge is 2.40. The van der Waals surface area contributed by atoms with Crippen LogP contribution in [0.4, 0.5) is 10.1 Å². The molecule has 6 heteroatoms. The number of methoxy groups -OCH3 is 2. The smallest absolute Gasteiger partial charge is 0.244 e. The molecule has 1 aromatic rings. The summed E-state index contributed by atoms with van der Waals surface area (Å²) in [5.74, 6) is -0.691. The van der Waals surface area contributed by atoms with E-state index < -0.39 is 17.1 Å². The lowest BCUT2D eigenvalue weighted by Gasteiger charge is -2.29. The van der Waals surface area contributed by atoms with Crippen molar-refractivity contribution in [2.75, 3.05) is 19.5 Å². The lowest BCUT2D eigenvalue weighted by atomic mass is 9.74. The van der Waals surface area contributed by atoms with E-state index in [2.05, 4.69) is 11.4 Å². The molecule has 1 amide bonds. The molecule has 1 saturated carbocycles. The van der Waals surface area contributed by atoms with Crippen molar-refractivity contribution in [2.24, 2.45) is 5.41 Å². The fourth-order valence-electron chi connectivity index (χ4n) is 2.74. The number of nitrogens with one attached hydrogen (secondary N) is 1. The molecule has 0 radical (unpaired) electrons. The Morgan fingerprint density at radius 1 is 1.23 bits per heavy atom. The molecule has 1 aromatic carbocycles. The van der Waals surface area contributed by atoms with E-state index in [0.717, 1.165) is 25.3 Å². The normalized spacial score (nSPS) is 16.5. The number of carbonyl (C=O) groups is 1. The van der Waals surface area contributed by atoms with Crippen LogP contribution in [0.1, 0.15) is 32.1 Å². The van der Waals surface area contributed by atoms with E-state index in [0.29, 0.717) is 12.8 Å². The van der Waals surface area contributed by atoms with Gasteiger partial charge < -0.3 is 14.8 Å². The molecule has 0 heterocycles. The van der Waals surface area contributed by atoms with Gasteiger partial charge in [-0.05, 0) is 12.8 Å². The van der Waals surface area contributed by atoms with Crippen LogP contribution in [0.25, 0.3) is 0 Å². The van der Waals surface area contributed by atoms with Gasteiger partial charge in [0.1, 0.15) is 11.2 Å². The largest absolute Gasteiger partial charge is 0.494 e. The second-order valence-electron chi connectivity index (χ2n) is 5.40. The number of amides is 1. The molecule has 1 aliphatic carbocycles. The number of hydrogen-bond acceptors (Lipinski definition) is 4. The average molecular weight is 306 g/mol. The van der Waals surface area contributed by atoms with Crippen LogP contribution in [0.5, 0.6) is 11.5 Å². The molecule has 0 atom stereocenters. The minimum Gasteiger partial charge on any atom is -0.494 e. The standard InChI is InChI=1S/C16H19FN2O3/c1-21-13-9-14(22-2)12(8-11(13)17)19-15(20)16(10-18)6-4-3-5-7-16/h8-9H,3-7H2,1-2H3,(H,19,20). The number of carbonyl (C=O) groups excluding carboxylic acids is 1. The number of halogens is 1. The van der Waals surface area contributed by atoms with Crippen molar-refractivity contribution in [1.82, 2.24) is 0 Å². The summed E-state index contributed by atoms with van der Waals surface area (Å²) in [6.07, 6.45) is 3.76. The van der Waals surface area contributed by atoms with Crippen molar-refractivity contribution in [3.05, 3.63) is 17.9 Å². The highest BCUT2D eigenvalue weighted by atomic mass is 19.1. The van der Waals surface area contributed by atoms with Crippen LogP contribution in [0.15, 0.2) is 12.1 Å². The Kier molecular flexibility index (Phi) is 4.86. The van der Waals surface area contributed by atoms with Crippen LogP contribution >= 0.6 is 0 Å². The molecule has 22 heavy (non-hydrogen) atoms. The summed E-state index contributed by atoms with van der Waals surface area (Å²) >= 11 is 0. The minimum absolute atomic E-state index is 0.0301. The molecule has 0 aromatic heterocycles. The summed E-state index contributed by atoms with van der Waals surface area (Å²) in [4.78, 5) is 12.5. The molecule has 5 nitrogen and oxygen atoms in total. The van der Waals surface area contributed by atoms with Gasteiger partial charge in [0.2, 0.25) is 5.91 Å². The second kappa shape index (κ2) is 6.65. The molecule has 0 unspecified atom stereocenters. The fraction of sp³-hybridized carbons (Fsp3) is 0.500. The van der Waals surface area contributed by atoms with Crippen LogP contribution in [0, 0.1) is 22.6 Å². The first-order valence-corrected chi connectivity index (χ1v) is 7.20. The SMILES string of the molecule is COc1cc(OC)c(NC(=O)C2(C#N)CCCCC2)cc1F. The van der Waals surface area contributed by atoms with Gasteiger partial charge in [-0.1, -0.05) is 19.3 Å². The van der Waals surface area contributed by atoms with Gasteiger partial charge >= 0.3 is 0 Å². The molecule has 2 rings (SSSR count). The first kappa shape index (κ1) is 16.1. The van der Waals surface area contributed by atoms with E-state index >= 15 is 0 Å². The summed E-state index contributed by atoms with van der Waals surface area (Å²) in [5.41, 5.74) is -0.842. The zero-order chi connectivity index (χ0) is 16.2. The van der Waals surface area contributed by atoms with E-state index in [1.54, 1.807) is 0 Å². The van der Waals surface area contributed by atoms with Crippen molar-refractivity contribution in [3.63, 3.8) is 0 Å². The first-order chi connectivity index (χ1) is 10.6. The van der Waals surface area contributed by atoms with Gasteiger partial charge in [-0.3, -0.25) is 4.79 Å². The summed E-state index contributed by atoms with van der Waals surface area (Å²) in [5, 5.41) is 12.1. The van der Waals surface area contributed by atoms with Crippen LogP contribution in [-0.2, 0) is 4.79 Å². The Bertz CT molecular complexity index is 604. The van der Waals surface area contributed by atoms with Gasteiger partial charge in [-0.2, -0.15) is 5.26 Å². The fourth-order valence-corrected chi connectivity index (χ4v) is 2.74. The minimum atomic E-state index is -1.04. The summed E-state index contributed by atoms with van der Waals surface area (Å²) in [7, 11) is 2.77. The monoisotopic (exact) mass is 306 g/mol. The molecule has 0 spiro atoms. The molecule has 118 valence electrons. The first-order valence-electron chi connectivity index (χ1n) is 7.20. The molecule has 1 N–H and O–H groups in total. The van der Waals surface area contributed by atoms with Crippen molar-refractivity contribution in [3.8, 4) is 17.6 Å². The predicted octanol–water partition coefficient (Wildman–Crippen LogP) is 3.26. The Hall–Kier alpha value is -2.29. The maximum absolute atomic E-state index is 13.8. The maximum Gasteiger partial charge on any atom is 0.244 e. The number of rotatable bonds is 4. The Labute approximate surface area is 129 Å². The lowest BCUT2D eigenvalue weighted by Crippen LogP contribution is -2.36. The summed E-state index contributed by atoms with van der Waals surface area (Å²) in [6, 6.07) is 4.65. The second-order valence-corrected chi connectivity index (χ2v) is 5.40. The molecular weight excluding hydrogens is 287 g/mol. The molecule has 0 bridgehead atoms. The van der Waals surface area contributed by atoms with E-state index in [-0.39, 0.29) is 17.2 Å². The summed E-state index contributed by atoms with van der Waals surface area (Å²) < 4.78 is 23.9. The lowest BCUT2D eigenvalue weighted by molar-refractivity contribution is -0.124. The molecule has 1 fully saturated rings. The Balaban J connectivity index is 2.28. The van der Waals surface area contributed by atoms with Gasteiger partial charge in [0, 0.05) is 12.1 Å². The number of nitrogens with zero attached hydrogens (tertiary/aromatic N) is 1. The van der Waals surface area contributed by atoms with Crippen LogP contribution in [0.3, 0.4) is 0 Å². The quantitative estimate of drug-likeness (QED) is 0.927. The maximum atomic E-state index is 13.8. The molecule has 0 aliphatic heterocycles. The molecule has 1 aliphatic rings. The zero-order valence-electron chi connectivity index (χ0n) is 12.7. The van der Waals surface area contributed by atoms with Crippen LogP contribution in [-0.4, -0.2) is 20.1 Å². The van der Waals surface area contributed by atoms with Gasteiger partial charge in [0.25, 0.3) is 0 Å². The van der Waals surface area contributed by atoms with Crippen molar-refractivity contribution >= 4 is 11.6 Å². The van der Waals surface area contributed by atoms with E-state index in [1.165, 1.54) is 20.3 Å². The number of hydrogen-bond donors (Lipinski definition) is 1. The van der Waals surface area contributed by atoms with Crippen molar-refractivity contribution in [2.45, 2.75) is 32.1 Å². The van der Waals surface area contributed by atoms with Gasteiger partial charge in [-0.25, -0.2) is 4.39 Å². The highest BCUT2D eigenvalue weighted by molar-refractivity contribution is 5.98. The Morgan fingerprint density at radius 3 is 2.41 bits per heavy atom. The molecule has 0 saturated heterocycles. The number of benzene rings is 1.